The molecular formula is C19H15F3N2O3S. The SMILES string of the molecule is CCC(C(=O)O)n1c(=NC(=O)c2ccc(C)c(F)c2)sc2cc(F)c(F)cc21. The lowest BCUT2D eigenvalue weighted by Gasteiger charge is -2.13. The molecule has 1 atom stereocenters. The first-order chi connectivity index (χ1) is 13.2. The van der Waals surface area contributed by atoms with Crippen LogP contribution in [-0.4, -0.2) is 21.6 Å². The van der Waals surface area contributed by atoms with Crippen LogP contribution < -0.4 is 4.80 Å². The zero-order chi connectivity index (χ0) is 20.6. The highest BCUT2D eigenvalue weighted by molar-refractivity contribution is 7.16. The van der Waals surface area contributed by atoms with E-state index in [0.29, 0.717) is 5.56 Å². The second-order valence-corrected chi connectivity index (χ2v) is 7.14. The van der Waals surface area contributed by atoms with E-state index in [1.165, 1.54) is 16.7 Å². The average molecular weight is 408 g/mol. The maximum absolute atomic E-state index is 13.7. The van der Waals surface area contributed by atoms with E-state index in [4.69, 9.17) is 0 Å². The van der Waals surface area contributed by atoms with E-state index in [2.05, 4.69) is 4.99 Å². The Morgan fingerprint density at radius 2 is 1.82 bits per heavy atom. The zero-order valence-electron chi connectivity index (χ0n) is 14.9. The second-order valence-electron chi connectivity index (χ2n) is 6.13. The van der Waals surface area contributed by atoms with Gasteiger partial charge in [-0.1, -0.05) is 24.3 Å². The predicted molar refractivity (Wildman–Crippen MR) is 97.7 cm³/mol. The van der Waals surface area contributed by atoms with Crippen molar-refractivity contribution in [2.45, 2.75) is 26.3 Å². The van der Waals surface area contributed by atoms with Gasteiger partial charge in [0.1, 0.15) is 11.9 Å². The first kappa shape index (κ1) is 19.8. The Balaban J connectivity index is 2.26. The van der Waals surface area contributed by atoms with Crippen molar-refractivity contribution in [1.29, 1.82) is 0 Å². The number of rotatable bonds is 4. The van der Waals surface area contributed by atoms with Crippen LogP contribution >= 0.6 is 11.3 Å². The quantitative estimate of drug-likeness (QED) is 0.703. The lowest BCUT2D eigenvalue weighted by molar-refractivity contribution is -0.140. The van der Waals surface area contributed by atoms with Gasteiger partial charge in [0.2, 0.25) is 0 Å². The summed E-state index contributed by atoms with van der Waals surface area (Å²) in [7, 11) is 0. The molecule has 0 aliphatic rings. The number of hydrogen-bond donors (Lipinski definition) is 1. The van der Waals surface area contributed by atoms with Crippen molar-refractivity contribution in [2.75, 3.05) is 0 Å². The molecule has 3 aromatic rings. The number of carboxylic acids is 1. The fourth-order valence-corrected chi connectivity index (χ4v) is 3.83. The summed E-state index contributed by atoms with van der Waals surface area (Å²) in [6.07, 6.45) is 0.126. The summed E-state index contributed by atoms with van der Waals surface area (Å²) in [6, 6.07) is 4.52. The van der Waals surface area contributed by atoms with Crippen LogP contribution in [-0.2, 0) is 4.79 Å². The molecule has 1 heterocycles. The molecule has 0 radical (unpaired) electrons. The van der Waals surface area contributed by atoms with E-state index >= 15 is 0 Å². The third kappa shape index (κ3) is 3.57. The van der Waals surface area contributed by atoms with Gasteiger partial charge in [-0.25, -0.2) is 18.0 Å². The molecule has 3 rings (SSSR count). The van der Waals surface area contributed by atoms with Gasteiger partial charge in [-0.05, 0) is 37.1 Å². The Bertz CT molecular complexity index is 1170. The lowest BCUT2D eigenvalue weighted by atomic mass is 10.1. The van der Waals surface area contributed by atoms with Crippen molar-refractivity contribution in [1.82, 2.24) is 4.57 Å². The maximum Gasteiger partial charge on any atom is 0.326 e. The summed E-state index contributed by atoms with van der Waals surface area (Å²) in [5.41, 5.74) is 0.448. The minimum Gasteiger partial charge on any atom is -0.480 e. The van der Waals surface area contributed by atoms with Crippen LogP contribution in [0.1, 0.15) is 35.3 Å². The van der Waals surface area contributed by atoms with Crippen LogP contribution in [0.4, 0.5) is 13.2 Å². The standard InChI is InChI=1S/C19H15F3N2O3S/c1-3-14(18(26)27)24-15-7-12(21)13(22)8-16(15)28-19(24)23-17(25)10-5-4-9(2)11(20)6-10/h4-8,14H,3H2,1-2H3,(H,26,27). The van der Waals surface area contributed by atoms with Crippen molar-refractivity contribution in [3.8, 4) is 0 Å². The van der Waals surface area contributed by atoms with E-state index in [-0.39, 0.29) is 27.0 Å². The molecule has 1 unspecified atom stereocenters. The van der Waals surface area contributed by atoms with E-state index in [1.54, 1.807) is 13.8 Å². The monoisotopic (exact) mass is 408 g/mol. The molecule has 146 valence electrons. The fraction of sp³-hybridized carbons (Fsp3) is 0.211. The number of carboxylic acid groups (broad SMARTS) is 1. The number of amides is 1. The lowest BCUT2D eigenvalue weighted by Crippen LogP contribution is -2.27. The van der Waals surface area contributed by atoms with E-state index in [9.17, 15) is 27.9 Å². The number of aromatic nitrogens is 1. The normalized spacial score (nSPS) is 13.1. The fourth-order valence-electron chi connectivity index (χ4n) is 2.76. The van der Waals surface area contributed by atoms with Gasteiger partial charge >= 0.3 is 5.97 Å². The third-order valence-corrected chi connectivity index (χ3v) is 5.29. The molecule has 1 amide bonds. The summed E-state index contributed by atoms with van der Waals surface area (Å²) in [5, 5.41) is 9.51. The number of benzene rings is 2. The predicted octanol–water partition coefficient (Wildman–Crippen LogP) is 4.21. The topological polar surface area (TPSA) is 71.7 Å². The summed E-state index contributed by atoms with van der Waals surface area (Å²) in [4.78, 5) is 28.0. The molecule has 0 bridgehead atoms. The summed E-state index contributed by atoms with van der Waals surface area (Å²) in [5.74, 6) is -4.81. The molecule has 0 saturated carbocycles. The molecule has 1 aromatic heterocycles. The van der Waals surface area contributed by atoms with Gasteiger partial charge in [0.25, 0.3) is 5.91 Å². The van der Waals surface area contributed by atoms with Gasteiger partial charge in [0.15, 0.2) is 16.4 Å². The molecule has 1 N–H and O–H groups in total. The number of halogens is 3. The van der Waals surface area contributed by atoms with Crippen LogP contribution in [0.3, 0.4) is 0 Å². The largest absolute Gasteiger partial charge is 0.480 e. The van der Waals surface area contributed by atoms with Crippen molar-refractivity contribution in [3.63, 3.8) is 0 Å². The van der Waals surface area contributed by atoms with E-state index in [0.717, 1.165) is 29.5 Å². The van der Waals surface area contributed by atoms with Gasteiger partial charge in [0.05, 0.1) is 10.2 Å². The average Bonchev–Trinajstić information content (AvgIpc) is 2.95. The maximum atomic E-state index is 13.7. The molecular weight excluding hydrogens is 393 g/mol. The van der Waals surface area contributed by atoms with E-state index in [1.807, 2.05) is 0 Å². The van der Waals surface area contributed by atoms with Gasteiger partial charge in [0, 0.05) is 11.6 Å². The highest BCUT2D eigenvalue weighted by Gasteiger charge is 2.23. The van der Waals surface area contributed by atoms with Gasteiger partial charge in [-0.2, -0.15) is 4.99 Å². The first-order valence-electron chi connectivity index (χ1n) is 8.31. The number of aryl methyl sites for hydroxylation is 1. The summed E-state index contributed by atoms with van der Waals surface area (Å²) < 4.78 is 42.5. The molecule has 0 fully saturated rings. The smallest absolute Gasteiger partial charge is 0.326 e. The number of aliphatic carboxylic acids is 1. The Labute approximate surface area is 161 Å². The highest BCUT2D eigenvalue weighted by atomic mass is 32.1. The van der Waals surface area contributed by atoms with Crippen LogP contribution in [0.25, 0.3) is 10.2 Å². The van der Waals surface area contributed by atoms with Crippen molar-refractivity contribution >= 4 is 33.4 Å². The number of carbonyl (C=O) groups is 2. The molecule has 9 heteroatoms. The molecule has 5 nitrogen and oxygen atoms in total. The van der Waals surface area contributed by atoms with Gasteiger partial charge in [-0.15, -0.1) is 0 Å². The molecule has 0 aliphatic carbocycles. The van der Waals surface area contributed by atoms with Crippen molar-refractivity contribution < 1.29 is 27.9 Å². The van der Waals surface area contributed by atoms with Crippen LogP contribution in [0.15, 0.2) is 35.3 Å². The second kappa shape index (κ2) is 7.59. The number of fused-ring (bicyclic) bond motifs is 1. The Morgan fingerprint density at radius 1 is 1.14 bits per heavy atom. The summed E-state index contributed by atoms with van der Waals surface area (Å²) >= 11 is 0.850. The Hall–Kier alpha value is -2.94. The Kier molecular flexibility index (Phi) is 5.37. The van der Waals surface area contributed by atoms with Crippen LogP contribution in [0.2, 0.25) is 0 Å². The number of thiazole rings is 1. The molecule has 0 spiro atoms. The molecule has 0 aliphatic heterocycles. The Morgan fingerprint density at radius 3 is 2.43 bits per heavy atom. The van der Waals surface area contributed by atoms with Gasteiger partial charge < -0.3 is 9.67 Å². The molecule has 0 saturated heterocycles. The van der Waals surface area contributed by atoms with E-state index < -0.39 is 35.4 Å². The van der Waals surface area contributed by atoms with Crippen molar-refractivity contribution in [3.05, 3.63) is 63.7 Å². The van der Waals surface area contributed by atoms with Crippen LogP contribution in [0, 0.1) is 24.4 Å². The molecule has 28 heavy (non-hydrogen) atoms. The number of hydrogen-bond acceptors (Lipinski definition) is 3. The van der Waals surface area contributed by atoms with Crippen LogP contribution in [0.5, 0.6) is 0 Å². The third-order valence-electron chi connectivity index (χ3n) is 4.27. The minimum atomic E-state index is -1.21. The molecule has 2 aromatic carbocycles. The number of nitrogens with zero attached hydrogens (tertiary/aromatic N) is 2. The highest BCUT2D eigenvalue weighted by Crippen LogP contribution is 2.25. The summed E-state index contributed by atoms with van der Waals surface area (Å²) in [6.45, 7) is 3.15. The number of carbonyl (C=O) groups excluding carboxylic acids is 1. The zero-order valence-corrected chi connectivity index (χ0v) is 15.7. The minimum absolute atomic E-state index is 0.0205. The first-order valence-corrected chi connectivity index (χ1v) is 9.12. The van der Waals surface area contributed by atoms with Crippen molar-refractivity contribution in [2.24, 2.45) is 4.99 Å². The van der Waals surface area contributed by atoms with Gasteiger partial charge in [-0.3, -0.25) is 4.79 Å².